The van der Waals surface area contributed by atoms with Crippen LogP contribution in [-0.4, -0.2) is 31.2 Å². The standard InChI is InChI=1S/C20H21N5O4S/c1-10(13-3-2-8-29-13)21-14(26)9-30-19-15-17(22-16(23-19)11-4-5-11)25(12-6-7-12)20(28)24-18(15)27/h2-3,8,10-12H,4-7,9H2,1H3,(H,21,26)(H,24,27,28). The van der Waals surface area contributed by atoms with Gasteiger partial charge in [-0.1, -0.05) is 11.8 Å². The fourth-order valence-electron chi connectivity index (χ4n) is 3.46. The van der Waals surface area contributed by atoms with Gasteiger partial charge in [-0.2, -0.15) is 0 Å². The highest BCUT2D eigenvalue weighted by Crippen LogP contribution is 2.40. The van der Waals surface area contributed by atoms with Crippen LogP contribution in [-0.2, 0) is 4.79 Å². The summed E-state index contributed by atoms with van der Waals surface area (Å²) in [5.74, 6) is 1.46. The van der Waals surface area contributed by atoms with Gasteiger partial charge < -0.3 is 9.73 Å². The second-order valence-electron chi connectivity index (χ2n) is 7.81. The zero-order chi connectivity index (χ0) is 20.8. The van der Waals surface area contributed by atoms with E-state index in [-0.39, 0.29) is 35.0 Å². The van der Waals surface area contributed by atoms with Crippen molar-refractivity contribution >= 4 is 28.7 Å². The number of H-pyrrole nitrogens is 1. The molecular weight excluding hydrogens is 406 g/mol. The number of hydrogen-bond acceptors (Lipinski definition) is 7. The summed E-state index contributed by atoms with van der Waals surface area (Å²) in [5, 5.41) is 3.60. The number of furan rings is 1. The maximum absolute atomic E-state index is 12.6. The molecule has 2 aliphatic rings. The largest absolute Gasteiger partial charge is 0.467 e. The first-order valence-electron chi connectivity index (χ1n) is 10.0. The molecule has 3 aromatic rings. The molecule has 1 amide bonds. The Morgan fingerprint density at radius 2 is 2.13 bits per heavy atom. The molecule has 2 saturated carbocycles. The molecule has 1 unspecified atom stereocenters. The van der Waals surface area contributed by atoms with Crippen molar-refractivity contribution in [3.05, 3.63) is 50.8 Å². The zero-order valence-electron chi connectivity index (χ0n) is 16.4. The maximum Gasteiger partial charge on any atom is 0.330 e. The van der Waals surface area contributed by atoms with E-state index in [1.807, 2.05) is 6.92 Å². The second kappa shape index (κ2) is 7.42. The monoisotopic (exact) mass is 427 g/mol. The first-order chi connectivity index (χ1) is 14.5. The Kier molecular flexibility index (Phi) is 4.73. The normalized spacial score (nSPS) is 17.2. The van der Waals surface area contributed by atoms with E-state index in [9.17, 15) is 14.4 Å². The van der Waals surface area contributed by atoms with Gasteiger partial charge in [-0.25, -0.2) is 14.8 Å². The van der Waals surface area contributed by atoms with Gasteiger partial charge in [0.15, 0.2) is 5.65 Å². The molecule has 0 saturated heterocycles. The number of amides is 1. The van der Waals surface area contributed by atoms with Gasteiger partial charge >= 0.3 is 5.69 Å². The number of carbonyl (C=O) groups is 1. The molecule has 9 nitrogen and oxygen atoms in total. The molecule has 2 fully saturated rings. The van der Waals surface area contributed by atoms with Crippen LogP contribution in [0.25, 0.3) is 11.0 Å². The third-order valence-electron chi connectivity index (χ3n) is 5.31. The minimum Gasteiger partial charge on any atom is -0.467 e. The Balaban J connectivity index is 1.46. The molecule has 30 heavy (non-hydrogen) atoms. The lowest BCUT2D eigenvalue weighted by Gasteiger charge is -2.13. The molecule has 3 heterocycles. The molecule has 0 radical (unpaired) electrons. The van der Waals surface area contributed by atoms with E-state index in [0.717, 1.165) is 25.7 Å². The molecule has 1 atom stereocenters. The van der Waals surface area contributed by atoms with E-state index in [0.29, 0.717) is 22.3 Å². The first-order valence-corrected chi connectivity index (χ1v) is 11.0. The van der Waals surface area contributed by atoms with Crippen LogP contribution in [0.15, 0.2) is 37.4 Å². The Hall–Kier alpha value is -2.88. The summed E-state index contributed by atoms with van der Waals surface area (Å²) >= 11 is 1.19. The van der Waals surface area contributed by atoms with Gasteiger partial charge in [0.1, 0.15) is 22.0 Å². The van der Waals surface area contributed by atoms with Gasteiger partial charge in [0, 0.05) is 12.0 Å². The molecule has 0 aromatic carbocycles. The van der Waals surface area contributed by atoms with Crippen molar-refractivity contribution in [3.63, 3.8) is 0 Å². The predicted octanol–water partition coefficient (Wildman–Crippen LogP) is 2.25. The van der Waals surface area contributed by atoms with Gasteiger partial charge in [0.25, 0.3) is 5.56 Å². The lowest BCUT2D eigenvalue weighted by atomic mass is 10.2. The number of thioether (sulfide) groups is 1. The maximum atomic E-state index is 12.6. The molecular formula is C20H21N5O4S. The number of carbonyl (C=O) groups excluding carboxylic acids is 1. The summed E-state index contributed by atoms with van der Waals surface area (Å²) < 4.78 is 6.89. The highest BCUT2D eigenvalue weighted by atomic mass is 32.2. The Bertz CT molecular complexity index is 1220. The van der Waals surface area contributed by atoms with Crippen molar-refractivity contribution in [2.45, 2.75) is 55.6 Å². The summed E-state index contributed by atoms with van der Waals surface area (Å²) in [7, 11) is 0. The van der Waals surface area contributed by atoms with Gasteiger partial charge in [-0.15, -0.1) is 0 Å². The van der Waals surface area contributed by atoms with E-state index >= 15 is 0 Å². The number of fused-ring (bicyclic) bond motifs is 1. The van der Waals surface area contributed by atoms with Gasteiger partial charge in [0.2, 0.25) is 5.91 Å². The van der Waals surface area contributed by atoms with Crippen LogP contribution in [0, 0.1) is 0 Å². The van der Waals surface area contributed by atoms with Gasteiger partial charge in [-0.3, -0.25) is 19.1 Å². The van der Waals surface area contributed by atoms with Crippen molar-refractivity contribution in [1.29, 1.82) is 0 Å². The molecule has 10 heteroatoms. The first kappa shape index (κ1) is 19.1. The summed E-state index contributed by atoms with van der Waals surface area (Å²) in [6.07, 6.45) is 5.32. The molecule has 5 rings (SSSR count). The van der Waals surface area contributed by atoms with E-state index < -0.39 is 11.2 Å². The zero-order valence-corrected chi connectivity index (χ0v) is 17.2. The van der Waals surface area contributed by atoms with Crippen molar-refractivity contribution in [2.75, 3.05) is 5.75 Å². The third kappa shape index (κ3) is 3.67. The average Bonchev–Trinajstić information content (AvgIpc) is 3.65. The average molecular weight is 427 g/mol. The molecule has 0 bridgehead atoms. The molecule has 2 N–H and O–H groups in total. The third-order valence-corrected chi connectivity index (χ3v) is 6.29. The number of hydrogen-bond donors (Lipinski definition) is 2. The second-order valence-corrected chi connectivity index (χ2v) is 8.78. The molecule has 156 valence electrons. The van der Waals surface area contributed by atoms with Crippen LogP contribution in [0.5, 0.6) is 0 Å². The van der Waals surface area contributed by atoms with Crippen molar-refractivity contribution < 1.29 is 9.21 Å². The molecule has 2 aliphatic carbocycles. The SMILES string of the molecule is CC(NC(=O)CSc1nc(C2CC2)nc2c1c(=O)[nH]c(=O)n2C1CC1)c1ccco1. The van der Waals surface area contributed by atoms with Crippen LogP contribution in [0.3, 0.4) is 0 Å². The highest BCUT2D eigenvalue weighted by molar-refractivity contribution is 8.00. The van der Waals surface area contributed by atoms with Crippen LogP contribution in [0.1, 0.15) is 62.2 Å². The molecule has 0 aliphatic heterocycles. The van der Waals surface area contributed by atoms with Gasteiger partial charge in [-0.05, 0) is 44.7 Å². The van der Waals surface area contributed by atoms with Crippen molar-refractivity contribution in [2.24, 2.45) is 0 Å². The van der Waals surface area contributed by atoms with Crippen molar-refractivity contribution in [1.82, 2.24) is 24.8 Å². The van der Waals surface area contributed by atoms with E-state index in [1.165, 1.54) is 11.8 Å². The van der Waals surface area contributed by atoms with E-state index in [2.05, 4.69) is 20.3 Å². The fourth-order valence-corrected chi connectivity index (χ4v) is 4.30. The van der Waals surface area contributed by atoms with Crippen LogP contribution in [0.4, 0.5) is 0 Å². The summed E-state index contributed by atoms with van der Waals surface area (Å²) in [4.78, 5) is 49.1. The Labute approximate surface area is 175 Å². The fraction of sp³-hybridized carbons (Fsp3) is 0.450. The lowest BCUT2D eigenvalue weighted by molar-refractivity contribution is -0.119. The van der Waals surface area contributed by atoms with E-state index in [4.69, 9.17) is 4.42 Å². The van der Waals surface area contributed by atoms with E-state index in [1.54, 1.807) is 23.0 Å². The number of rotatable bonds is 7. The minimum absolute atomic E-state index is 0.0640. The Morgan fingerprint density at radius 3 is 2.80 bits per heavy atom. The van der Waals surface area contributed by atoms with Crippen LogP contribution >= 0.6 is 11.8 Å². The number of aromatic nitrogens is 4. The number of aromatic amines is 1. The number of nitrogens with zero attached hydrogens (tertiary/aromatic N) is 3. The molecule has 3 aromatic heterocycles. The highest BCUT2D eigenvalue weighted by Gasteiger charge is 2.32. The summed E-state index contributed by atoms with van der Waals surface area (Å²) in [6.45, 7) is 1.84. The topological polar surface area (TPSA) is 123 Å². The van der Waals surface area contributed by atoms with Crippen LogP contribution in [0.2, 0.25) is 0 Å². The number of nitrogens with one attached hydrogen (secondary N) is 2. The lowest BCUT2D eigenvalue weighted by Crippen LogP contribution is -2.31. The predicted molar refractivity (Wildman–Crippen MR) is 111 cm³/mol. The quantitative estimate of drug-likeness (QED) is 0.438. The summed E-state index contributed by atoms with van der Waals surface area (Å²) in [6, 6.07) is 3.37. The van der Waals surface area contributed by atoms with Crippen LogP contribution < -0.4 is 16.6 Å². The minimum atomic E-state index is -0.513. The van der Waals surface area contributed by atoms with Crippen molar-refractivity contribution in [3.8, 4) is 0 Å². The molecule has 0 spiro atoms. The Morgan fingerprint density at radius 1 is 1.33 bits per heavy atom. The van der Waals surface area contributed by atoms with Gasteiger partial charge in [0.05, 0.1) is 18.1 Å². The summed E-state index contributed by atoms with van der Waals surface area (Å²) in [5.41, 5.74) is -0.562. The smallest absolute Gasteiger partial charge is 0.330 e.